The molecule has 2 aromatic carbocycles. The Balaban J connectivity index is 2.67. The van der Waals surface area contributed by atoms with Crippen LogP contribution < -0.4 is 0 Å². The molecule has 0 bridgehead atoms. The maximum absolute atomic E-state index is 9.88. The van der Waals surface area contributed by atoms with Crippen LogP contribution >= 0.6 is 0 Å². The zero-order chi connectivity index (χ0) is 13.0. The van der Waals surface area contributed by atoms with Crippen LogP contribution in [-0.2, 0) is 5.04 Å². The van der Waals surface area contributed by atoms with Gasteiger partial charge in [0, 0.05) is 5.04 Å². The van der Waals surface area contributed by atoms with Crippen LogP contribution in [0.15, 0.2) is 55.1 Å². The minimum atomic E-state index is -0.296. The van der Waals surface area contributed by atoms with E-state index in [9.17, 15) is 4.80 Å². The molecule has 0 aromatic heterocycles. The lowest BCUT2D eigenvalue weighted by molar-refractivity contribution is 0.525. The molecule has 18 heavy (non-hydrogen) atoms. The Kier molecular flexibility index (Phi) is 3.99. The Morgan fingerprint density at radius 3 is 2.61 bits per heavy atom. The number of hydrogen-bond acceptors (Lipinski definition) is 1. The summed E-state index contributed by atoms with van der Waals surface area (Å²) in [5.74, 6) is 0. The van der Waals surface area contributed by atoms with E-state index in [0.29, 0.717) is 0 Å². The second-order valence-corrected chi connectivity index (χ2v) is 5.68. The van der Waals surface area contributed by atoms with Gasteiger partial charge in [-0.1, -0.05) is 61.9 Å². The third kappa shape index (κ3) is 2.14. The predicted molar refractivity (Wildman–Crippen MR) is 78.7 cm³/mol. The van der Waals surface area contributed by atoms with E-state index in [1.807, 2.05) is 18.2 Å². The molecule has 0 fully saturated rings. The molecule has 0 amide bonds. The summed E-state index contributed by atoms with van der Waals surface area (Å²) in [6, 6.07) is 14.6. The summed E-state index contributed by atoms with van der Waals surface area (Å²) in [5.41, 5.74) is 1.19. The number of benzene rings is 2. The first-order valence-corrected chi connectivity index (χ1v) is 7.25. The average molecular weight is 254 g/mol. The standard InChI is InChI=1S/C16H18OSi/c1-3-12-16(4-2,18-17)15-11-7-9-13-8-5-6-10-14(13)15/h4-11,17H,2-3,12H2,1H3. The first-order chi connectivity index (χ1) is 8.77. The van der Waals surface area contributed by atoms with E-state index in [2.05, 4.69) is 43.8 Å². The van der Waals surface area contributed by atoms with Gasteiger partial charge in [0.2, 0.25) is 9.76 Å². The van der Waals surface area contributed by atoms with E-state index in [0.717, 1.165) is 12.8 Å². The Hall–Kier alpha value is -1.38. The molecular formula is C16H18OSi. The van der Waals surface area contributed by atoms with Crippen LogP contribution in [0.3, 0.4) is 0 Å². The highest BCUT2D eigenvalue weighted by atomic mass is 28.2. The summed E-state index contributed by atoms with van der Waals surface area (Å²) in [6.45, 7) is 6.10. The molecule has 0 saturated heterocycles. The molecule has 0 aliphatic carbocycles. The molecule has 0 spiro atoms. The Bertz CT molecular complexity index is 544. The zero-order valence-electron chi connectivity index (χ0n) is 10.7. The normalized spacial score (nSPS) is 14.3. The van der Waals surface area contributed by atoms with Crippen molar-refractivity contribution in [3.63, 3.8) is 0 Å². The first-order valence-electron chi connectivity index (χ1n) is 6.30. The lowest BCUT2D eigenvalue weighted by atomic mass is 9.89. The summed E-state index contributed by atoms with van der Waals surface area (Å²) in [4.78, 5) is 9.88. The highest BCUT2D eigenvalue weighted by Crippen LogP contribution is 2.34. The molecule has 2 radical (unpaired) electrons. The SMILES string of the molecule is C=CC(CCC)([Si]O)c1cccc2ccccc12. The summed E-state index contributed by atoms with van der Waals surface area (Å²) >= 11 is 0. The van der Waals surface area contributed by atoms with Crippen LogP contribution in [0.4, 0.5) is 0 Å². The molecule has 1 unspecified atom stereocenters. The van der Waals surface area contributed by atoms with E-state index in [1.54, 1.807) is 0 Å². The lowest BCUT2D eigenvalue weighted by Gasteiger charge is -2.28. The van der Waals surface area contributed by atoms with Crippen molar-refractivity contribution in [1.29, 1.82) is 0 Å². The molecule has 1 nitrogen and oxygen atoms in total. The fourth-order valence-corrected chi connectivity index (χ4v) is 3.31. The summed E-state index contributed by atoms with van der Waals surface area (Å²) in [7, 11) is -0.151. The minimum absolute atomic E-state index is 0.151. The van der Waals surface area contributed by atoms with Gasteiger partial charge in [-0.15, -0.1) is 6.58 Å². The molecule has 2 aromatic rings. The van der Waals surface area contributed by atoms with Gasteiger partial charge in [-0.05, 0) is 22.8 Å². The second kappa shape index (κ2) is 5.51. The highest BCUT2D eigenvalue weighted by Gasteiger charge is 2.30. The molecule has 2 heteroatoms. The highest BCUT2D eigenvalue weighted by molar-refractivity contribution is 6.32. The molecule has 1 atom stereocenters. The quantitative estimate of drug-likeness (QED) is 0.638. The van der Waals surface area contributed by atoms with Crippen LogP contribution in [0, 0.1) is 0 Å². The Morgan fingerprint density at radius 1 is 1.22 bits per heavy atom. The third-order valence-corrected chi connectivity index (χ3v) is 4.59. The monoisotopic (exact) mass is 254 g/mol. The van der Waals surface area contributed by atoms with E-state index in [1.165, 1.54) is 16.3 Å². The molecule has 0 aliphatic rings. The van der Waals surface area contributed by atoms with Gasteiger partial charge in [-0.3, -0.25) is 0 Å². The fourth-order valence-electron chi connectivity index (χ4n) is 2.52. The molecular weight excluding hydrogens is 236 g/mol. The van der Waals surface area contributed by atoms with Crippen molar-refractivity contribution in [3.8, 4) is 0 Å². The molecule has 2 rings (SSSR count). The van der Waals surface area contributed by atoms with Crippen LogP contribution in [0.5, 0.6) is 0 Å². The number of hydrogen-bond donors (Lipinski definition) is 1. The van der Waals surface area contributed by atoms with E-state index < -0.39 is 0 Å². The van der Waals surface area contributed by atoms with Crippen molar-refractivity contribution in [3.05, 3.63) is 60.7 Å². The van der Waals surface area contributed by atoms with Crippen molar-refractivity contribution in [2.75, 3.05) is 0 Å². The van der Waals surface area contributed by atoms with Crippen molar-refractivity contribution in [1.82, 2.24) is 0 Å². The van der Waals surface area contributed by atoms with E-state index in [-0.39, 0.29) is 14.8 Å². The topological polar surface area (TPSA) is 20.2 Å². The average Bonchev–Trinajstić information content (AvgIpc) is 2.44. The largest absolute Gasteiger partial charge is 0.431 e. The maximum Gasteiger partial charge on any atom is 0.240 e. The van der Waals surface area contributed by atoms with Crippen molar-refractivity contribution >= 4 is 20.5 Å². The lowest BCUT2D eigenvalue weighted by Crippen LogP contribution is -2.31. The van der Waals surface area contributed by atoms with Gasteiger partial charge < -0.3 is 4.80 Å². The van der Waals surface area contributed by atoms with Gasteiger partial charge in [-0.25, -0.2) is 0 Å². The van der Waals surface area contributed by atoms with Crippen molar-refractivity contribution in [2.45, 2.75) is 24.8 Å². The zero-order valence-corrected chi connectivity index (χ0v) is 11.7. The van der Waals surface area contributed by atoms with E-state index >= 15 is 0 Å². The Labute approximate surface area is 111 Å². The minimum Gasteiger partial charge on any atom is -0.431 e. The Morgan fingerprint density at radius 2 is 1.94 bits per heavy atom. The maximum atomic E-state index is 9.88. The summed E-state index contributed by atoms with van der Waals surface area (Å²) in [6.07, 6.45) is 3.87. The van der Waals surface area contributed by atoms with Crippen LogP contribution in [0.1, 0.15) is 25.3 Å². The van der Waals surface area contributed by atoms with Crippen LogP contribution in [0.25, 0.3) is 10.8 Å². The van der Waals surface area contributed by atoms with E-state index in [4.69, 9.17) is 0 Å². The van der Waals surface area contributed by atoms with Gasteiger partial charge in [0.05, 0.1) is 0 Å². The molecule has 1 N–H and O–H groups in total. The van der Waals surface area contributed by atoms with Crippen molar-refractivity contribution < 1.29 is 4.80 Å². The van der Waals surface area contributed by atoms with Gasteiger partial charge >= 0.3 is 0 Å². The summed E-state index contributed by atoms with van der Waals surface area (Å²) < 4.78 is 0. The smallest absolute Gasteiger partial charge is 0.240 e. The van der Waals surface area contributed by atoms with Gasteiger partial charge in [0.1, 0.15) is 0 Å². The number of allylic oxidation sites excluding steroid dienone is 1. The molecule has 92 valence electrons. The first kappa shape index (κ1) is 13.1. The second-order valence-electron chi connectivity index (χ2n) is 4.56. The number of fused-ring (bicyclic) bond motifs is 1. The van der Waals surface area contributed by atoms with Crippen LogP contribution in [0.2, 0.25) is 0 Å². The van der Waals surface area contributed by atoms with Gasteiger partial charge in [-0.2, -0.15) is 0 Å². The fraction of sp³-hybridized carbons (Fsp3) is 0.250. The van der Waals surface area contributed by atoms with Gasteiger partial charge in [0.25, 0.3) is 0 Å². The summed E-state index contributed by atoms with van der Waals surface area (Å²) in [5, 5.41) is 2.14. The van der Waals surface area contributed by atoms with Gasteiger partial charge in [0.15, 0.2) is 0 Å². The van der Waals surface area contributed by atoms with Crippen molar-refractivity contribution in [2.24, 2.45) is 0 Å². The predicted octanol–water partition coefficient (Wildman–Crippen LogP) is 3.63. The third-order valence-electron chi connectivity index (χ3n) is 3.46. The van der Waals surface area contributed by atoms with Crippen LogP contribution in [-0.4, -0.2) is 14.6 Å². The molecule has 0 saturated carbocycles. The molecule has 0 heterocycles. The number of rotatable bonds is 5. The molecule has 0 aliphatic heterocycles.